The first-order chi connectivity index (χ1) is 19.2. The normalized spacial score (nSPS) is 50.5. The van der Waals surface area contributed by atoms with E-state index < -0.39 is 34.3 Å². The number of rotatable bonds is 6. The number of likely N-dealkylation sites (tertiary alicyclic amines) is 1. The van der Waals surface area contributed by atoms with E-state index in [-0.39, 0.29) is 41.9 Å². The molecule has 5 aliphatic carbocycles. The van der Waals surface area contributed by atoms with Crippen LogP contribution in [0, 0.1) is 29.1 Å². The molecule has 1 saturated heterocycles. The van der Waals surface area contributed by atoms with E-state index in [1.165, 1.54) is 0 Å². The molecule has 5 saturated carbocycles. The zero-order valence-electron chi connectivity index (χ0n) is 24.0. The van der Waals surface area contributed by atoms with Gasteiger partial charge >= 0.3 is 5.97 Å². The van der Waals surface area contributed by atoms with Crippen molar-refractivity contribution in [1.29, 1.82) is 0 Å². The van der Waals surface area contributed by atoms with Crippen LogP contribution in [-0.4, -0.2) is 96.7 Å². The highest BCUT2D eigenvalue weighted by molar-refractivity contribution is 5.95. The first-order valence-electron chi connectivity index (χ1n) is 15.0. The van der Waals surface area contributed by atoms with Crippen LogP contribution in [0.1, 0.15) is 55.8 Å². The number of nitrogens with zero attached hydrogens (tertiary/aromatic N) is 1. The highest BCUT2D eigenvalue weighted by atomic mass is 16.6. The highest BCUT2D eigenvalue weighted by Crippen LogP contribution is 2.78. The number of nitrogen functional groups attached to an aromatic ring is 1. The quantitative estimate of drug-likeness (QED) is 0.358. The van der Waals surface area contributed by atoms with Gasteiger partial charge < -0.3 is 34.9 Å². The van der Waals surface area contributed by atoms with Crippen molar-refractivity contribution in [3.05, 3.63) is 29.8 Å². The highest BCUT2D eigenvalue weighted by Gasteiger charge is 2.87. The second kappa shape index (κ2) is 8.88. The molecule has 1 unspecified atom stereocenters. The molecule has 6 aliphatic rings. The molecular formula is C31H44N2O7. The molecule has 0 amide bonds. The van der Waals surface area contributed by atoms with Crippen molar-refractivity contribution in [3.63, 3.8) is 0 Å². The number of hydrogen-bond acceptors (Lipinski definition) is 9. The molecule has 7 rings (SSSR count). The first-order valence-corrected chi connectivity index (χ1v) is 15.0. The molecule has 0 radical (unpaired) electrons. The molecule has 7 bridgehead atoms. The Bertz CT molecular complexity index is 1200. The van der Waals surface area contributed by atoms with E-state index in [9.17, 15) is 15.0 Å². The summed E-state index contributed by atoms with van der Waals surface area (Å²) in [4.78, 5) is 16.2. The molecule has 0 aromatic heterocycles. The van der Waals surface area contributed by atoms with Crippen LogP contribution in [0.15, 0.2) is 24.3 Å². The smallest absolute Gasteiger partial charge is 0.340 e. The number of fused-ring (bicyclic) bond motifs is 2. The number of aliphatic hydroxyl groups is 2. The number of methoxy groups -OCH3 is 3. The number of nitrogens with two attached hydrogens (primary N) is 1. The summed E-state index contributed by atoms with van der Waals surface area (Å²) in [6.07, 6.45) is 3.03. The molecule has 6 fully saturated rings. The third kappa shape index (κ3) is 2.97. The van der Waals surface area contributed by atoms with Gasteiger partial charge in [0, 0.05) is 69.2 Å². The van der Waals surface area contributed by atoms with Gasteiger partial charge in [-0.3, -0.25) is 4.90 Å². The van der Waals surface area contributed by atoms with Crippen molar-refractivity contribution < 1.29 is 34.0 Å². The van der Waals surface area contributed by atoms with E-state index in [1.807, 2.05) is 6.07 Å². The number of carbonyl (C=O) groups is 1. The maximum Gasteiger partial charge on any atom is 0.340 e. The molecule has 1 aromatic carbocycles. The van der Waals surface area contributed by atoms with E-state index in [0.717, 1.165) is 19.4 Å². The van der Waals surface area contributed by atoms with E-state index >= 15 is 0 Å². The van der Waals surface area contributed by atoms with E-state index in [1.54, 1.807) is 39.5 Å². The summed E-state index contributed by atoms with van der Waals surface area (Å²) in [6.45, 7) is 3.47. The van der Waals surface area contributed by atoms with Crippen molar-refractivity contribution >= 4 is 11.7 Å². The number of hydrogen-bond donors (Lipinski definition) is 3. The SMILES string of the molecule is CCN1C[C@]2(OC(=O)c3ccccc3N)CC[C@H](OC)[C@]34C1[C@@H](C[C@H]23)[C@@]1(O)C[C@H](OC)C[C@H]2C[C@@H]4[C@]1(O)[C@H]2OC. The Balaban J connectivity index is 1.42. The Morgan fingerprint density at radius 3 is 2.52 bits per heavy atom. The molecule has 1 aromatic rings. The average molecular weight is 557 g/mol. The van der Waals surface area contributed by atoms with Gasteiger partial charge in [-0.15, -0.1) is 0 Å². The van der Waals surface area contributed by atoms with E-state index in [2.05, 4.69) is 11.8 Å². The van der Waals surface area contributed by atoms with Gasteiger partial charge in [-0.25, -0.2) is 4.79 Å². The summed E-state index contributed by atoms with van der Waals surface area (Å²) < 4.78 is 25.0. The van der Waals surface area contributed by atoms with Gasteiger partial charge in [0.25, 0.3) is 0 Å². The Kier molecular flexibility index (Phi) is 6.02. The number of para-hydroxylation sites is 1. The van der Waals surface area contributed by atoms with Crippen LogP contribution in [0.5, 0.6) is 0 Å². The number of likely N-dealkylation sites (N-methyl/N-ethyl adjacent to an activating group) is 1. The van der Waals surface area contributed by atoms with Crippen LogP contribution in [0.25, 0.3) is 0 Å². The van der Waals surface area contributed by atoms with Crippen molar-refractivity contribution in [1.82, 2.24) is 4.90 Å². The zero-order valence-corrected chi connectivity index (χ0v) is 24.0. The topological polar surface area (TPSA) is 124 Å². The second-order valence-electron chi connectivity index (χ2n) is 13.5. The molecular weight excluding hydrogens is 512 g/mol. The minimum absolute atomic E-state index is 0.0106. The van der Waals surface area contributed by atoms with Gasteiger partial charge in [0.2, 0.25) is 0 Å². The van der Waals surface area contributed by atoms with Crippen LogP contribution < -0.4 is 5.73 Å². The predicted molar refractivity (Wildman–Crippen MR) is 146 cm³/mol. The molecule has 1 aliphatic heterocycles. The molecule has 12 atom stereocenters. The Morgan fingerprint density at radius 2 is 1.85 bits per heavy atom. The summed E-state index contributed by atoms with van der Waals surface area (Å²) in [5.74, 6) is -0.960. The maximum absolute atomic E-state index is 13.8. The minimum Gasteiger partial charge on any atom is -0.454 e. The summed E-state index contributed by atoms with van der Waals surface area (Å²) in [5, 5.41) is 25.9. The van der Waals surface area contributed by atoms with E-state index in [4.69, 9.17) is 24.7 Å². The third-order valence-corrected chi connectivity index (χ3v) is 12.6. The van der Waals surface area contributed by atoms with Crippen molar-refractivity contribution in [2.75, 3.05) is 40.2 Å². The fraction of sp³-hybridized carbons (Fsp3) is 0.774. The van der Waals surface area contributed by atoms with Crippen molar-refractivity contribution in [2.24, 2.45) is 29.1 Å². The lowest BCUT2D eigenvalue weighted by molar-refractivity contribution is -0.328. The number of ether oxygens (including phenoxy) is 4. The fourth-order valence-electron chi connectivity index (χ4n) is 11.5. The van der Waals surface area contributed by atoms with Crippen LogP contribution in [-0.2, 0) is 18.9 Å². The molecule has 4 N–H and O–H groups in total. The maximum atomic E-state index is 13.8. The monoisotopic (exact) mass is 556 g/mol. The molecule has 220 valence electrons. The second-order valence-corrected chi connectivity index (χ2v) is 13.5. The largest absolute Gasteiger partial charge is 0.454 e. The predicted octanol–water partition coefficient (Wildman–Crippen LogP) is 2.24. The number of carbonyl (C=O) groups excluding carboxylic acids is 1. The minimum atomic E-state index is -1.46. The van der Waals surface area contributed by atoms with Crippen molar-refractivity contribution in [3.8, 4) is 0 Å². The lowest BCUT2D eigenvalue weighted by Gasteiger charge is -2.70. The van der Waals surface area contributed by atoms with Crippen LogP contribution in [0.2, 0.25) is 0 Å². The first kappa shape index (κ1) is 27.1. The summed E-state index contributed by atoms with van der Waals surface area (Å²) >= 11 is 0. The van der Waals surface area contributed by atoms with Gasteiger partial charge in [-0.2, -0.15) is 0 Å². The lowest BCUT2D eigenvalue weighted by atomic mass is 9.43. The Labute approximate surface area is 236 Å². The van der Waals surface area contributed by atoms with Gasteiger partial charge in [0.05, 0.1) is 23.9 Å². The number of benzene rings is 1. The van der Waals surface area contributed by atoms with Gasteiger partial charge in [-0.05, 0) is 56.7 Å². The van der Waals surface area contributed by atoms with Crippen LogP contribution >= 0.6 is 0 Å². The molecule has 40 heavy (non-hydrogen) atoms. The van der Waals surface area contributed by atoms with Gasteiger partial charge in [0.15, 0.2) is 0 Å². The lowest BCUT2D eigenvalue weighted by Crippen LogP contribution is -2.82. The summed E-state index contributed by atoms with van der Waals surface area (Å²) in [6, 6.07) is 7.05. The van der Waals surface area contributed by atoms with Gasteiger partial charge in [0.1, 0.15) is 16.8 Å². The molecule has 9 heteroatoms. The van der Waals surface area contributed by atoms with Gasteiger partial charge in [-0.1, -0.05) is 19.1 Å². The molecule has 1 spiro atoms. The summed E-state index contributed by atoms with van der Waals surface area (Å²) in [7, 11) is 5.13. The average Bonchev–Trinajstić information content (AvgIpc) is 3.34. The van der Waals surface area contributed by atoms with Crippen molar-refractivity contribution in [2.45, 2.75) is 86.6 Å². The Morgan fingerprint density at radius 1 is 1.07 bits per heavy atom. The Hall–Kier alpha value is -1.75. The van der Waals surface area contributed by atoms with E-state index in [0.29, 0.717) is 43.5 Å². The molecule has 1 heterocycles. The standard InChI is InChI=1S/C31H44N2O7/c1-5-33-16-28(40-27(34)19-8-6-7-9-21(19)32)11-10-24(38-3)30-22(28)14-20(25(30)33)29(35)15-18(37-2)12-17-13-23(30)31(29,36)26(17)39-4/h6-9,17-18,20,22-26,35-36H,5,10-16,32H2,1-4H3/t17-,18+,20+,22+,23-,24-,25?,26-,28+,29-,30-,31-/m0/s1. The summed E-state index contributed by atoms with van der Waals surface area (Å²) in [5.41, 5.74) is 2.83. The third-order valence-electron chi connectivity index (χ3n) is 12.6. The number of piperidine rings is 1. The zero-order chi connectivity index (χ0) is 28.2. The number of anilines is 1. The number of esters is 1. The van der Waals surface area contributed by atoms with Crippen LogP contribution in [0.3, 0.4) is 0 Å². The fourth-order valence-corrected chi connectivity index (χ4v) is 11.5. The van der Waals surface area contributed by atoms with Crippen LogP contribution in [0.4, 0.5) is 5.69 Å². The molecule has 9 nitrogen and oxygen atoms in total.